The van der Waals surface area contributed by atoms with E-state index in [1.54, 1.807) is 7.11 Å². The second-order valence-corrected chi connectivity index (χ2v) is 8.63. The number of nitrogens with zero attached hydrogens (tertiary/aromatic N) is 3. The monoisotopic (exact) mass is 441 g/mol. The van der Waals surface area contributed by atoms with Crippen LogP contribution in [-0.2, 0) is 17.6 Å². The number of thioether (sulfide) groups is 1. The molecule has 0 fully saturated rings. The van der Waals surface area contributed by atoms with E-state index in [0.717, 1.165) is 51.7 Å². The van der Waals surface area contributed by atoms with Gasteiger partial charge in [0.1, 0.15) is 10.8 Å². The predicted molar refractivity (Wildman–Crippen MR) is 129 cm³/mol. The average molecular weight is 442 g/mol. The van der Waals surface area contributed by atoms with E-state index in [1.807, 2.05) is 71.6 Å². The maximum Gasteiger partial charge on any atom is 0.237 e. The lowest BCUT2D eigenvalue weighted by atomic mass is 10.1. The second-order valence-electron chi connectivity index (χ2n) is 7.67. The number of anilines is 1. The summed E-state index contributed by atoms with van der Waals surface area (Å²) in [4.78, 5) is 24.7. The molecule has 0 saturated heterocycles. The van der Waals surface area contributed by atoms with Crippen LogP contribution in [0.2, 0.25) is 0 Å². The van der Waals surface area contributed by atoms with Crippen molar-refractivity contribution in [2.75, 3.05) is 24.3 Å². The van der Waals surface area contributed by atoms with E-state index in [2.05, 4.69) is 6.07 Å². The Morgan fingerprint density at radius 3 is 2.53 bits per heavy atom. The predicted octanol–water partition coefficient (Wildman–Crippen LogP) is 4.91. The number of para-hydroxylation sites is 4. The maximum atomic E-state index is 13.1. The SMILES string of the molecule is COc1ccccc1Cc1nc2ccccc2nc1SCC(=O)N1CCc2ccccc21. The minimum Gasteiger partial charge on any atom is -0.496 e. The van der Waals surface area contributed by atoms with Gasteiger partial charge in [-0.3, -0.25) is 4.79 Å². The molecule has 0 radical (unpaired) electrons. The van der Waals surface area contributed by atoms with Gasteiger partial charge in [0.2, 0.25) is 5.91 Å². The number of rotatable bonds is 6. The molecule has 160 valence electrons. The standard InChI is InChI=1S/C26H23N3O2S/c1-31-24-13-7-3-9-19(24)16-22-26(28-21-11-5-4-10-20(21)27-22)32-17-25(30)29-15-14-18-8-2-6-12-23(18)29/h2-13H,14-17H2,1H3. The average Bonchev–Trinajstić information content (AvgIpc) is 3.27. The Balaban J connectivity index is 1.42. The third-order valence-corrected chi connectivity index (χ3v) is 6.67. The van der Waals surface area contributed by atoms with Crippen molar-refractivity contribution in [3.05, 3.63) is 89.6 Å². The summed E-state index contributed by atoms with van der Waals surface area (Å²) >= 11 is 1.46. The number of methoxy groups -OCH3 is 1. The van der Waals surface area contributed by atoms with E-state index in [0.29, 0.717) is 12.2 Å². The Bertz CT molecular complexity index is 1290. The van der Waals surface area contributed by atoms with E-state index in [4.69, 9.17) is 14.7 Å². The van der Waals surface area contributed by atoms with Gasteiger partial charge in [0.25, 0.3) is 0 Å². The number of hydrogen-bond acceptors (Lipinski definition) is 5. The van der Waals surface area contributed by atoms with Gasteiger partial charge >= 0.3 is 0 Å². The Hall–Kier alpha value is -3.38. The molecule has 0 atom stereocenters. The minimum absolute atomic E-state index is 0.0955. The number of carbonyl (C=O) groups is 1. The van der Waals surface area contributed by atoms with Crippen molar-refractivity contribution in [3.63, 3.8) is 0 Å². The molecule has 2 heterocycles. The molecular weight excluding hydrogens is 418 g/mol. The van der Waals surface area contributed by atoms with Crippen molar-refractivity contribution in [1.82, 2.24) is 9.97 Å². The van der Waals surface area contributed by atoms with Gasteiger partial charge in [-0.2, -0.15) is 0 Å². The fraction of sp³-hybridized carbons (Fsp3) is 0.192. The first-order valence-corrected chi connectivity index (χ1v) is 11.6. The van der Waals surface area contributed by atoms with Crippen molar-refractivity contribution in [3.8, 4) is 5.75 Å². The van der Waals surface area contributed by atoms with Crippen LogP contribution in [0.3, 0.4) is 0 Å². The Morgan fingerprint density at radius 2 is 1.69 bits per heavy atom. The van der Waals surface area contributed by atoms with Crippen molar-refractivity contribution in [2.24, 2.45) is 0 Å². The Labute approximate surface area is 191 Å². The van der Waals surface area contributed by atoms with Crippen LogP contribution in [0, 0.1) is 0 Å². The molecule has 0 aliphatic carbocycles. The van der Waals surface area contributed by atoms with Gasteiger partial charge < -0.3 is 9.64 Å². The van der Waals surface area contributed by atoms with Crippen molar-refractivity contribution < 1.29 is 9.53 Å². The first-order chi connectivity index (χ1) is 15.7. The van der Waals surface area contributed by atoms with Crippen molar-refractivity contribution >= 4 is 34.4 Å². The molecule has 1 aliphatic heterocycles. The molecule has 1 aliphatic rings. The number of ether oxygens (including phenoxy) is 1. The van der Waals surface area contributed by atoms with Crippen molar-refractivity contribution in [2.45, 2.75) is 17.9 Å². The molecule has 32 heavy (non-hydrogen) atoms. The first kappa shape index (κ1) is 20.5. The summed E-state index contributed by atoms with van der Waals surface area (Å²) in [5.74, 6) is 1.24. The fourth-order valence-electron chi connectivity index (χ4n) is 4.09. The quantitative estimate of drug-likeness (QED) is 0.398. The zero-order chi connectivity index (χ0) is 21.9. The second kappa shape index (κ2) is 9.01. The molecule has 0 N–H and O–H groups in total. The summed E-state index contributed by atoms with van der Waals surface area (Å²) in [5.41, 5.74) is 5.83. The number of benzene rings is 3. The molecule has 0 saturated carbocycles. The smallest absolute Gasteiger partial charge is 0.237 e. The van der Waals surface area contributed by atoms with Crippen LogP contribution in [0.15, 0.2) is 77.8 Å². The highest BCUT2D eigenvalue weighted by atomic mass is 32.2. The third-order valence-electron chi connectivity index (χ3n) is 5.68. The highest BCUT2D eigenvalue weighted by Gasteiger charge is 2.24. The molecule has 1 aromatic heterocycles. The largest absolute Gasteiger partial charge is 0.496 e. The molecule has 6 heteroatoms. The van der Waals surface area contributed by atoms with Crippen molar-refractivity contribution in [1.29, 1.82) is 0 Å². The van der Waals surface area contributed by atoms with Gasteiger partial charge in [0, 0.05) is 24.2 Å². The van der Waals surface area contributed by atoms with E-state index in [-0.39, 0.29) is 5.91 Å². The van der Waals surface area contributed by atoms with E-state index in [1.165, 1.54) is 17.3 Å². The van der Waals surface area contributed by atoms with Gasteiger partial charge in [-0.15, -0.1) is 0 Å². The van der Waals surface area contributed by atoms with E-state index in [9.17, 15) is 4.79 Å². The lowest BCUT2D eigenvalue weighted by Gasteiger charge is -2.17. The van der Waals surface area contributed by atoms with Gasteiger partial charge in [-0.25, -0.2) is 9.97 Å². The maximum absolute atomic E-state index is 13.1. The highest BCUT2D eigenvalue weighted by Crippen LogP contribution is 2.31. The summed E-state index contributed by atoms with van der Waals surface area (Å²) in [6.07, 6.45) is 1.49. The van der Waals surface area contributed by atoms with Gasteiger partial charge in [0.05, 0.1) is 29.6 Å². The van der Waals surface area contributed by atoms with Crippen LogP contribution >= 0.6 is 11.8 Å². The molecule has 5 nitrogen and oxygen atoms in total. The molecule has 3 aromatic carbocycles. The van der Waals surface area contributed by atoms with E-state index < -0.39 is 0 Å². The molecular formula is C26H23N3O2S. The number of carbonyl (C=O) groups excluding carboxylic acids is 1. The first-order valence-electron chi connectivity index (χ1n) is 10.6. The molecule has 4 aromatic rings. The minimum atomic E-state index is 0.0955. The summed E-state index contributed by atoms with van der Waals surface area (Å²) in [5, 5.41) is 0.787. The molecule has 5 rings (SSSR count). The summed E-state index contributed by atoms with van der Waals surface area (Å²) in [7, 11) is 1.67. The summed E-state index contributed by atoms with van der Waals surface area (Å²) in [6, 6.07) is 23.9. The van der Waals surface area contributed by atoms with Crippen LogP contribution in [-0.4, -0.2) is 35.3 Å². The zero-order valence-corrected chi connectivity index (χ0v) is 18.6. The number of amides is 1. The third kappa shape index (κ3) is 4.06. The highest BCUT2D eigenvalue weighted by molar-refractivity contribution is 8.00. The van der Waals surface area contributed by atoms with Gasteiger partial charge in [0.15, 0.2) is 0 Å². The van der Waals surface area contributed by atoms with Gasteiger partial charge in [-0.1, -0.05) is 60.3 Å². The number of hydrogen-bond donors (Lipinski definition) is 0. The summed E-state index contributed by atoms with van der Waals surface area (Å²) < 4.78 is 5.53. The number of aromatic nitrogens is 2. The number of fused-ring (bicyclic) bond motifs is 2. The lowest BCUT2D eigenvalue weighted by Crippen LogP contribution is -2.30. The van der Waals surface area contributed by atoms with Crippen LogP contribution in [0.4, 0.5) is 5.69 Å². The topological polar surface area (TPSA) is 55.3 Å². The lowest BCUT2D eigenvalue weighted by molar-refractivity contribution is -0.116. The Morgan fingerprint density at radius 1 is 0.969 bits per heavy atom. The molecule has 0 spiro atoms. The van der Waals surface area contributed by atoms with Crippen LogP contribution in [0.1, 0.15) is 16.8 Å². The van der Waals surface area contributed by atoms with Crippen LogP contribution in [0.5, 0.6) is 5.75 Å². The Kier molecular flexibility index (Phi) is 5.77. The van der Waals surface area contributed by atoms with E-state index >= 15 is 0 Å². The van der Waals surface area contributed by atoms with Gasteiger partial charge in [-0.05, 0) is 36.2 Å². The van der Waals surface area contributed by atoms with Crippen LogP contribution in [0.25, 0.3) is 11.0 Å². The molecule has 0 bridgehead atoms. The fourth-order valence-corrected chi connectivity index (χ4v) is 4.95. The normalized spacial score (nSPS) is 12.7. The summed E-state index contributed by atoms with van der Waals surface area (Å²) in [6.45, 7) is 0.732. The zero-order valence-electron chi connectivity index (χ0n) is 17.8. The van der Waals surface area contributed by atoms with Crippen LogP contribution < -0.4 is 9.64 Å². The molecule has 0 unspecified atom stereocenters. The molecule has 1 amide bonds.